The van der Waals surface area contributed by atoms with Crippen LogP contribution < -0.4 is 5.32 Å². The molecule has 1 heterocycles. The Morgan fingerprint density at radius 1 is 0.900 bits per heavy atom. The van der Waals surface area contributed by atoms with Gasteiger partial charge in [-0.1, -0.05) is 61.0 Å². The number of aromatic nitrogens is 3. The molecule has 0 fully saturated rings. The predicted octanol–water partition coefficient (Wildman–Crippen LogP) is 5.62. The number of benzene rings is 3. The largest absolute Gasteiger partial charge is 0.322 e. The van der Waals surface area contributed by atoms with Gasteiger partial charge in [0.25, 0.3) is 5.91 Å². The lowest BCUT2D eigenvalue weighted by atomic mass is 10.0. The molecule has 0 aliphatic rings. The number of carbonyl (C=O) groups excluding carboxylic acids is 1. The van der Waals surface area contributed by atoms with Crippen LogP contribution in [-0.4, -0.2) is 20.9 Å². The zero-order valence-corrected chi connectivity index (χ0v) is 17.3. The maximum atomic E-state index is 12.6. The summed E-state index contributed by atoms with van der Waals surface area (Å²) in [5, 5.41) is 11.2. The van der Waals surface area contributed by atoms with Crippen LogP contribution in [0.2, 0.25) is 0 Å². The lowest BCUT2D eigenvalue weighted by molar-refractivity contribution is 0.102. The molecule has 4 aromatic rings. The molecule has 0 atom stereocenters. The maximum Gasteiger partial charge on any atom is 0.255 e. The van der Waals surface area contributed by atoms with Crippen molar-refractivity contribution in [2.24, 2.45) is 0 Å². The van der Waals surface area contributed by atoms with Gasteiger partial charge >= 0.3 is 0 Å². The van der Waals surface area contributed by atoms with Gasteiger partial charge in [-0.25, -0.2) is 4.68 Å². The van der Waals surface area contributed by atoms with E-state index in [-0.39, 0.29) is 5.91 Å². The van der Waals surface area contributed by atoms with E-state index in [2.05, 4.69) is 60.7 Å². The van der Waals surface area contributed by atoms with Crippen LogP contribution in [0.1, 0.15) is 41.3 Å². The van der Waals surface area contributed by atoms with Gasteiger partial charge in [0.2, 0.25) is 0 Å². The van der Waals surface area contributed by atoms with Gasteiger partial charge in [0.1, 0.15) is 0 Å². The first kappa shape index (κ1) is 19.6. The molecule has 0 aliphatic heterocycles. The molecule has 0 saturated heterocycles. The summed E-state index contributed by atoms with van der Waals surface area (Å²) in [6, 6.07) is 23.5. The Labute approximate surface area is 176 Å². The Morgan fingerprint density at radius 2 is 1.57 bits per heavy atom. The molecule has 150 valence electrons. The molecule has 0 saturated carbocycles. The minimum absolute atomic E-state index is 0.142. The first-order valence-corrected chi connectivity index (χ1v) is 10.0. The minimum atomic E-state index is -0.142. The van der Waals surface area contributed by atoms with Crippen molar-refractivity contribution in [1.29, 1.82) is 0 Å². The maximum absolute atomic E-state index is 12.6. The summed E-state index contributed by atoms with van der Waals surface area (Å²) in [6.45, 7) is 6.35. The quantitative estimate of drug-likeness (QED) is 0.476. The molecule has 4 rings (SSSR count). The van der Waals surface area contributed by atoms with Crippen molar-refractivity contribution in [3.8, 4) is 16.9 Å². The molecule has 0 unspecified atom stereocenters. The summed E-state index contributed by atoms with van der Waals surface area (Å²) in [6.07, 6.45) is 1.74. The number of anilines is 1. The van der Waals surface area contributed by atoms with E-state index in [0.717, 1.165) is 22.6 Å². The van der Waals surface area contributed by atoms with Gasteiger partial charge in [0.15, 0.2) is 0 Å². The highest BCUT2D eigenvalue weighted by Crippen LogP contribution is 2.22. The number of hydrogen-bond donors (Lipinski definition) is 1. The lowest BCUT2D eigenvalue weighted by Crippen LogP contribution is -2.12. The first-order valence-electron chi connectivity index (χ1n) is 10.0. The van der Waals surface area contributed by atoms with Crippen molar-refractivity contribution in [2.75, 3.05) is 5.32 Å². The normalized spacial score (nSPS) is 10.9. The van der Waals surface area contributed by atoms with E-state index in [1.165, 1.54) is 11.1 Å². The number of rotatable bonds is 5. The van der Waals surface area contributed by atoms with E-state index in [9.17, 15) is 4.79 Å². The fourth-order valence-electron chi connectivity index (χ4n) is 3.26. The number of carbonyl (C=O) groups is 1. The van der Waals surface area contributed by atoms with Crippen molar-refractivity contribution >= 4 is 11.6 Å². The predicted molar refractivity (Wildman–Crippen MR) is 120 cm³/mol. The highest BCUT2D eigenvalue weighted by atomic mass is 16.1. The van der Waals surface area contributed by atoms with E-state index < -0.39 is 0 Å². The SMILES string of the molecule is Cc1ccc(-c2cnnn2-c2ccc(C(=O)Nc3ccc(C(C)C)cc3)cc2)cc1. The van der Waals surface area contributed by atoms with Crippen LogP contribution in [0.5, 0.6) is 0 Å². The standard InChI is InChI=1S/C25H24N4O/c1-17(2)19-8-12-22(13-9-19)27-25(30)21-10-14-23(15-11-21)29-24(16-26-28-29)20-6-4-18(3)5-7-20/h4-17H,1-3H3,(H,27,30). The van der Waals surface area contributed by atoms with Crippen molar-refractivity contribution in [1.82, 2.24) is 15.0 Å². The molecule has 1 amide bonds. The smallest absolute Gasteiger partial charge is 0.255 e. The minimum Gasteiger partial charge on any atom is -0.322 e. The van der Waals surface area contributed by atoms with Gasteiger partial charge in [0, 0.05) is 16.8 Å². The molecule has 0 spiro atoms. The molecule has 0 aliphatic carbocycles. The Balaban J connectivity index is 1.51. The summed E-state index contributed by atoms with van der Waals surface area (Å²) < 4.78 is 1.77. The van der Waals surface area contributed by atoms with Gasteiger partial charge in [-0.05, 0) is 54.8 Å². The molecule has 5 heteroatoms. The summed E-state index contributed by atoms with van der Waals surface area (Å²) >= 11 is 0. The first-order chi connectivity index (χ1) is 14.5. The molecule has 0 radical (unpaired) electrons. The van der Waals surface area contributed by atoms with E-state index in [1.807, 2.05) is 36.4 Å². The Morgan fingerprint density at radius 3 is 2.20 bits per heavy atom. The van der Waals surface area contributed by atoms with E-state index in [0.29, 0.717) is 11.5 Å². The van der Waals surface area contributed by atoms with Crippen LogP contribution in [0.3, 0.4) is 0 Å². The lowest BCUT2D eigenvalue weighted by Gasteiger charge is -2.10. The van der Waals surface area contributed by atoms with E-state index >= 15 is 0 Å². The van der Waals surface area contributed by atoms with Crippen molar-refractivity contribution < 1.29 is 4.79 Å². The molecule has 1 N–H and O–H groups in total. The van der Waals surface area contributed by atoms with Crippen LogP contribution in [0, 0.1) is 6.92 Å². The fourth-order valence-corrected chi connectivity index (χ4v) is 3.26. The highest BCUT2D eigenvalue weighted by molar-refractivity contribution is 6.04. The number of hydrogen-bond acceptors (Lipinski definition) is 3. The monoisotopic (exact) mass is 396 g/mol. The van der Waals surface area contributed by atoms with E-state index in [1.54, 1.807) is 23.0 Å². The number of amides is 1. The van der Waals surface area contributed by atoms with Crippen molar-refractivity contribution in [3.63, 3.8) is 0 Å². The second kappa shape index (κ2) is 8.33. The molecule has 1 aromatic heterocycles. The average Bonchev–Trinajstić information content (AvgIpc) is 3.24. The van der Waals surface area contributed by atoms with Crippen LogP contribution in [0.25, 0.3) is 16.9 Å². The molecule has 0 bridgehead atoms. The zero-order valence-electron chi connectivity index (χ0n) is 17.3. The highest BCUT2D eigenvalue weighted by Gasteiger charge is 2.11. The van der Waals surface area contributed by atoms with Gasteiger partial charge in [-0.2, -0.15) is 0 Å². The van der Waals surface area contributed by atoms with E-state index in [4.69, 9.17) is 0 Å². The molecule has 30 heavy (non-hydrogen) atoms. The third-order valence-corrected chi connectivity index (χ3v) is 5.11. The number of nitrogens with one attached hydrogen (secondary N) is 1. The summed E-state index contributed by atoms with van der Waals surface area (Å²) in [4.78, 5) is 12.6. The summed E-state index contributed by atoms with van der Waals surface area (Å²) in [5.74, 6) is 0.320. The van der Waals surface area contributed by atoms with Gasteiger partial charge in [-0.3, -0.25) is 4.79 Å². The van der Waals surface area contributed by atoms with Crippen LogP contribution >= 0.6 is 0 Å². The van der Waals surface area contributed by atoms with Crippen LogP contribution in [0.15, 0.2) is 79.0 Å². The van der Waals surface area contributed by atoms with Gasteiger partial charge in [0.05, 0.1) is 17.6 Å². The second-order valence-corrected chi connectivity index (χ2v) is 7.67. The summed E-state index contributed by atoms with van der Waals surface area (Å²) in [5.41, 5.74) is 6.60. The topological polar surface area (TPSA) is 59.8 Å². The third kappa shape index (κ3) is 4.15. The Hall–Kier alpha value is -3.73. The number of nitrogens with zero attached hydrogens (tertiary/aromatic N) is 3. The fraction of sp³-hybridized carbons (Fsp3) is 0.160. The molecule has 5 nitrogen and oxygen atoms in total. The average molecular weight is 396 g/mol. The molecular formula is C25H24N4O. The number of aryl methyl sites for hydroxylation is 1. The third-order valence-electron chi connectivity index (χ3n) is 5.11. The Bertz CT molecular complexity index is 1140. The summed E-state index contributed by atoms with van der Waals surface area (Å²) in [7, 11) is 0. The van der Waals surface area contributed by atoms with Crippen molar-refractivity contribution in [3.05, 3.63) is 95.7 Å². The molecule has 3 aromatic carbocycles. The zero-order chi connectivity index (χ0) is 21.1. The second-order valence-electron chi connectivity index (χ2n) is 7.67. The van der Waals surface area contributed by atoms with Gasteiger partial charge in [-0.15, -0.1) is 5.10 Å². The van der Waals surface area contributed by atoms with Crippen LogP contribution in [-0.2, 0) is 0 Å². The van der Waals surface area contributed by atoms with Gasteiger partial charge < -0.3 is 5.32 Å². The Kier molecular flexibility index (Phi) is 5.44. The van der Waals surface area contributed by atoms with Crippen LogP contribution in [0.4, 0.5) is 5.69 Å². The van der Waals surface area contributed by atoms with Crippen molar-refractivity contribution in [2.45, 2.75) is 26.7 Å². The molecular weight excluding hydrogens is 372 g/mol.